The maximum Gasteiger partial charge on any atom is 0.245 e. The molecule has 0 spiro atoms. The van der Waals surface area contributed by atoms with Crippen LogP contribution >= 0.6 is 0 Å². The molecule has 0 aliphatic carbocycles. The van der Waals surface area contributed by atoms with Gasteiger partial charge in [0.1, 0.15) is 10.7 Å². The van der Waals surface area contributed by atoms with Gasteiger partial charge in [0.2, 0.25) is 10.0 Å². The summed E-state index contributed by atoms with van der Waals surface area (Å²) in [4.78, 5) is 7.40. The average Bonchev–Trinajstić information content (AvgIpc) is 3.06. The Hall–Kier alpha value is -2.19. The molecule has 2 N–H and O–H groups in total. The monoisotopic (exact) mass is 363 g/mol. The zero-order valence-electron chi connectivity index (χ0n) is 15.2. The van der Waals surface area contributed by atoms with Gasteiger partial charge in [-0.3, -0.25) is 5.43 Å². The van der Waals surface area contributed by atoms with Crippen LogP contribution in [0.2, 0.25) is 0 Å². The van der Waals surface area contributed by atoms with E-state index in [1.54, 1.807) is 12.1 Å². The quantitative estimate of drug-likeness (QED) is 0.584. The highest BCUT2D eigenvalue weighted by Crippen LogP contribution is 2.21. The van der Waals surface area contributed by atoms with Crippen LogP contribution in [0.1, 0.15) is 40.3 Å². The normalized spacial score (nSPS) is 13.0. The number of hydrogen-bond donors (Lipinski definition) is 2. The Labute approximate surface area is 149 Å². The Morgan fingerprint density at radius 2 is 1.88 bits per heavy atom. The molecule has 0 unspecified atom stereocenters. The number of rotatable bonds is 7. The molecule has 0 saturated carbocycles. The van der Waals surface area contributed by atoms with Gasteiger partial charge in [0.15, 0.2) is 0 Å². The first-order valence-corrected chi connectivity index (χ1v) is 9.61. The molecule has 0 bridgehead atoms. The predicted octanol–water partition coefficient (Wildman–Crippen LogP) is 3.05. The summed E-state index contributed by atoms with van der Waals surface area (Å²) in [5.41, 5.74) is 4.51. The summed E-state index contributed by atoms with van der Waals surface area (Å²) in [6.07, 6.45) is 3.18. The fraction of sp³-hybridized carbons (Fsp3) is 0.412. The lowest BCUT2D eigenvalue weighted by molar-refractivity contribution is 0.302. The van der Waals surface area contributed by atoms with Crippen LogP contribution in [-0.4, -0.2) is 40.5 Å². The summed E-state index contributed by atoms with van der Waals surface area (Å²) >= 11 is 0. The Morgan fingerprint density at radius 1 is 1.20 bits per heavy atom. The molecule has 2 aromatic heterocycles. The molecule has 0 atom stereocenters. The summed E-state index contributed by atoms with van der Waals surface area (Å²) in [6.45, 7) is 9.30. The van der Waals surface area contributed by atoms with E-state index >= 15 is 0 Å². The fourth-order valence-electron chi connectivity index (χ4n) is 2.63. The van der Waals surface area contributed by atoms with Crippen molar-refractivity contribution in [3.8, 4) is 0 Å². The van der Waals surface area contributed by atoms with E-state index in [2.05, 4.69) is 20.5 Å². The fourth-order valence-corrected chi connectivity index (χ4v) is 4.41. The first-order valence-electron chi connectivity index (χ1n) is 8.17. The molecule has 0 radical (unpaired) electrons. The lowest BCUT2D eigenvalue weighted by Crippen LogP contribution is -2.41. The Bertz CT molecular complexity index is 801. The van der Waals surface area contributed by atoms with Crippen LogP contribution in [0.25, 0.3) is 0 Å². The highest BCUT2D eigenvalue weighted by atomic mass is 32.2. The van der Waals surface area contributed by atoms with Crippen LogP contribution in [-0.2, 0) is 10.0 Å². The van der Waals surface area contributed by atoms with Gasteiger partial charge in [0.05, 0.1) is 11.4 Å². The summed E-state index contributed by atoms with van der Waals surface area (Å²) in [5, 5.41) is 4.23. The highest BCUT2D eigenvalue weighted by molar-refractivity contribution is 7.89. The summed E-state index contributed by atoms with van der Waals surface area (Å²) in [7, 11) is -3.58. The SMILES string of the molecule is C/C(=N\Nc1ccc(S(=O)(=O)N(C(C)C)C(C)C)cn1)c1ccc[nH]1. The van der Waals surface area contributed by atoms with Gasteiger partial charge in [0, 0.05) is 24.5 Å². The zero-order valence-corrected chi connectivity index (χ0v) is 16.0. The van der Waals surface area contributed by atoms with Crippen LogP contribution in [0, 0.1) is 0 Å². The molecule has 0 saturated heterocycles. The van der Waals surface area contributed by atoms with E-state index in [1.165, 1.54) is 10.5 Å². The molecule has 136 valence electrons. The van der Waals surface area contributed by atoms with Gasteiger partial charge in [-0.2, -0.15) is 9.41 Å². The van der Waals surface area contributed by atoms with Crippen LogP contribution in [0.3, 0.4) is 0 Å². The van der Waals surface area contributed by atoms with Crippen molar-refractivity contribution in [2.24, 2.45) is 5.10 Å². The zero-order chi connectivity index (χ0) is 18.6. The van der Waals surface area contributed by atoms with Crippen LogP contribution in [0.4, 0.5) is 5.82 Å². The molecule has 8 heteroatoms. The van der Waals surface area contributed by atoms with Gasteiger partial charge in [-0.15, -0.1) is 0 Å². The third kappa shape index (κ3) is 4.46. The number of hydrazone groups is 1. The number of anilines is 1. The number of H-pyrrole nitrogens is 1. The minimum absolute atomic E-state index is 0.129. The van der Waals surface area contributed by atoms with E-state index in [-0.39, 0.29) is 17.0 Å². The highest BCUT2D eigenvalue weighted by Gasteiger charge is 2.29. The minimum atomic E-state index is -3.58. The van der Waals surface area contributed by atoms with E-state index in [9.17, 15) is 8.42 Å². The second kappa shape index (κ2) is 7.79. The largest absolute Gasteiger partial charge is 0.360 e. The van der Waals surface area contributed by atoms with Crippen molar-refractivity contribution in [3.63, 3.8) is 0 Å². The van der Waals surface area contributed by atoms with Gasteiger partial charge < -0.3 is 4.98 Å². The minimum Gasteiger partial charge on any atom is -0.360 e. The van der Waals surface area contributed by atoms with E-state index in [1.807, 2.05) is 52.9 Å². The second-order valence-electron chi connectivity index (χ2n) is 6.29. The van der Waals surface area contributed by atoms with Gasteiger partial charge >= 0.3 is 0 Å². The van der Waals surface area contributed by atoms with E-state index in [0.29, 0.717) is 5.82 Å². The third-order valence-corrected chi connectivity index (χ3v) is 5.89. The van der Waals surface area contributed by atoms with Crippen molar-refractivity contribution < 1.29 is 8.42 Å². The van der Waals surface area contributed by atoms with Crippen molar-refractivity contribution in [1.29, 1.82) is 0 Å². The van der Waals surface area contributed by atoms with Crippen LogP contribution < -0.4 is 5.43 Å². The number of nitrogens with zero attached hydrogens (tertiary/aromatic N) is 3. The van der Waals surface area contributed by atoms with Gasteiger partial charge in [-0.05, 0) is 58.9 Å². The summed E-state index contributed by atoms with van der Waals surface area (Å²) < 4.78 is 27.0. The van der Waals surface area contributed by atoms with Crippen LogP contribution in [0.5, 0.6) is 0 Å². The molecule has 2 rings (SSSR count). The number of nitrogens with one attached hydrogen (secondary N) is 2. The smallest absolute Gasteiger partial charge is 0.245 e. The first kappa shape index (κ1) is 19.1. The molecular formula is C17H25N5O2S. The second-order valence-corrected chi connectivity index (χ2v) is 8.14. The van der Waals surface area contributed by atoms with Crippen molar-refractivity contribution in [1.82, 2.24) is 14.3 Å². The number of hydrogen-bond acceptors (Lipinski definition) is 5. The predicted molar refractivity (Wildman–Crippen MR) is 100 cm³/mol. The number of pyridine rings is 1. The molecule has 7 nitrogen and oxygen atoms in total. The summed E-state index contributed by atoms with van der Waals surface area (Å²) in [5.74, 6) is 0.477. The number of aromatic nitrogens is 2. The van der Waals surface area contributed by atoms with Crippen molar-refractivity contribution in [2.75, 3.05) is 5.43 Å². The average molecular weight is 363 g/mol. The summed E-state index contributed by atoms with van der Waals surface area (Å²) in [6, 6.07) is 6.70. The van der Waals surface area contributed by atoms with E-state index in [4.69, 9.17) is 0 Å². The Balaban J connectivity index is 2.18. The maximum atomic E-state index is 12.8. The molecule has 0 fully saturated rings. The van der Waals surface area contributed by atoms with Crippen LogP contribution in [0.15, 0.2) is 46.7 Å². The van der Waals surface area contributed by atoms with Gasteiger partial charge in [-0.1, -0.05) is 0 Å². The Kier molecular flexibility index (Phi) is 5.97. The number of aromatic amines is 1. The lowest BCUT2D eigenvalue weighted by atomic mass is 10.3. The molecule has 2 heterocycles. The lowest BCUT2D eigenvalue weighted by Gasteiger charge is -2.29. The molecule has 0 amide bonds. The number of sulfonamides is 1. The standard InChI is InChI=1S/C17H25N5O2S/c1-12(2)22(13(3)4)25(23,24)15-8-9-17(19-11-15)21-20-14(5)16-7-6-10-18-16/h6-13,18H,1-5H3,(H,19,21)/b20-14+. The molecular weight excluding hydrogens is 338 g/mol. The molecule has 0 aliphatic rings. The first-order chi connectivity index (χ1) is 11.7. The third-order valence-electron chi connectivity index (χ3n) is 3.66. The van der Waals surface area contributed by atoms with E-state index < -0.39 is 10.0 Å². The maximum absolute atomic E-state index is 12.8. The van der Waals surface area contributed by atoms with Gasteiger partial charge in [0.25, 0.3) is 0 Å². The molecule has 25 heavy (non-hydrogen) atoms. The molecule has 0 aliphatic heterocycles. The van der Waals surface area contributed by atoms with E-state index in [0.717, 1.165) is 11.4 Å². The molecule has 2 aromatic rings. The van der Waals surface area contributed by atoms with Gasteiger partial charge in [-0.25, -0.2) is 13.4 Å². The van der Waals surface area contributed by atoms with Crippen molar-refractivity contribution >= 4 is 21.6 Å². The Morgan fingerprint density at radius 3 is 2.36 bits per heavy atom. The topological polar surface area (TPSA) is 90.4 Å². The van der Waals surface area contributed by atoms with Crippen molar-refractivity contribution in [3.05, 3.63) is 42.4 Å². The molecule has 0 aromatic carbocycles. The van der Waals surface area contributed by atoms with Crippen molar-refractivity contribution in [2.45, 2.75) is 51.6 Å².